The van der Waals surface area contributed by atoms with Crippen LogP contribution in [0.25, 0.3) is 32.5 Å². The van der Waals surface area contributed by atoms with Crippen molar-refractivity contribution in [2.24, 2.45) is 5.11 Å². The first kappa shape index (κ1) is 20.9. The van der Waals surface area contributed by atoms with Crippen LogP contribution in [0.3, 0.4) is 0 Å². The number of hydrogen-bond donors (Lipinski definition) is 0. The minimum atomic E-state index is -2.67. The van der Waals surface area contributed by atoms with Crippen molar-refractivity contribution in [2.45, 2.75) is 32.1 Å². The maximum absolute atomic E-state index is 13.3. The van der Waals surface area contributed by atoms with Crippen molar-refractivity contribution >= 4 is 16.9 Å². The Labute approximate surface area is 178 Å². The summed E-state index contributed by atoms with van der Waals surface area (Å²) in [7, 11) is 0. The summed E-state index contributed by atoms with van der Waals surface area (Å²) in [5.74, 6) is -2.13. The monoisotopic (exact) mass is 424 g/mol. The van der Waals surface area contributed by atoms with Crippen LogP contribution in [0.4, 0.5) is 8.78 Å². The molecule has 4 rings (SSSR count). The van der Waals surface area contributed by atoms with E-state index in [0.717, 1.165) is 33.4 Å². The number of furan rings is 1. The van der Waals surface area contributed by atoms with Crippen LogP contribution in [0.15, 0.2) is 52.0 Å². The van der Waals surface area contributed by atoms with Gasteiger partial charge in [0.2, 0.25) is 0 Å². The number of carbonyl (C=O) groups excluding carboxylic acids is 1. The Kier molecular flexibility index (Phi) is 5.65. The fourth-order valence-electron chi connectivity index (χ4n) is 3.90. The zero-order valence-corrected chi connectivity index (χ0v) is 17.1. The number of nitrogens with zero attached hydrogens (tertiary/aromatic N) is 4. The maximum atomic E-state index is 13.3. The molecular formula is C23H22F2N4O2. The number of amides is 1. The molecule has 160 valence electrons. The highest BCUT2D eigenvalue weighted by molar-refractivity contribution is 5.95. The van der Waals surface area contributed by atoms with E-state index in [1.54, 1.807) is 12.1 Å². The summed E-state index contributed by atoms with van der Waals surface area (Å²) in [4.78, 5) is 16.9. The van der Waals surface area contributed by atoms with Crippen LogP contribution < -0.4 is 0 Å². The number of alkyl halides is 2. The van der Waals surface area contributed by atoms with Gasteiger partial charge in [-0.05, 0) is 59.5 Å². The Morgan fingerprint density at radius 1 is 1.16 bits per heavy atom. The lowest BCUT2D eigenvalue weighted by atomic mass is 9.99. The van der Waals surface area contributed by atoms with E-state index in [2.05, 4.69) is 10.0 Å². The molecule has 0 unspecified atom stereocenters. The number of hydrogen-bond acceptors (Lipinski definition) is 3. The highest BCUT2D eigenvalue weighted by atomic mass is 19.3. The second-order valence-corrected chi connectivity index (χ2v) is 7.85. The lowest BCUT2D eigenvalue weighted by Gasteiger charge is -2.31. The van der Waals surface area contributed by atoms with E-state index in [9.17, 15) is 13.6 Å². The number of piperidine rings is 1. The van der Waals surface area contributed by atoms with Crippen LogP contribution in [0.1, 0.15) is 34.5 Å². The molecule has 0 radical (unpaired) electrons. The van der Waals surface area contributed by atoms with Crippen LogP contribution in [-0.2, 0) is 6.42 Å². The molecule has 1 aliphatic heterocycles. The van der Waals surface area contributed by atoms with Crippen LogP contribution in [0.2, 0.25) is 0 Å². The second-order valence-electron chi connectivity index (χ2n) is 7.85. The Morgan fingerprint density at radius 2 is 1.87 bits per heavy atom. The van der Waals surface area contributed by atoms with E-state index in [4.69, 9.17) is 9.95 Å². The SMILES string of the molecule is Cc1cc(-c2ccc(C(=O)N3CCC(F)(F)CC3)cc2)cc2cc(CCN=[N+]=[N-])oc12. The molecule has 1 aromatic heterocycles. The zero-order valence-electron chi connectivity index (χ0n) is 17.1. The number of likely N-dealkylation sites (tertiary alicyclic amines) is 1. The van der Waals surface area contributed by atoms with E-state index in [1.165, 1.54) is 4.90 Å². The van der Waals surface area contributed by atoms with Crippen molar-refractivity contribution in [1.82, 2.24) is 4.90 Å². The van der Waals surface area contributed by atoms with Crippen LogP contribution >= 0.6 is 0 Å². The first-order chi connectivity index (χ1) is 14.9. The molecule has 1 amide bonds. The maximum Gasteiger partial charge on any atom is 0.253 e. The molecule has 1 fully saturated rings. The number of fused-ring (bicyclic) bond motifs is 1. The summed E-state index contributed by atoms with van der Waals surface area (Å²) in [5, 5.41) is 4.50. The molecule has 2 heterocycles. The molecule has 8 heteroatoms. The standard InChI is InChI=1S/C23H22F2N4O2/c1-15-12-18(13-19-14-20(31-21(15)19)6-9-27-28-26)16-2-4-17(5-3-16)22(30)29-10-7-23(24,25)8-11-29/h2-5,12-14H,6-11H2,1H3. The number of halogens is 2. The third kappa shape index (κ3) is 4.54. The number of rotatable bonds is 5. The highest BCUT2D eigenvalue weighted by Crippen LogP contribution is 2.31. The van der Waals surface area contributed by atoms with Crippen LogP contribution in [0, 0.1) is 6.92 Å². The van der Waals surface area contributed by atoms with Gasteiger partial charge in [0.25, 0.3) is 11.8 Å². The molecule has 1 saturated heterocycles. The van der Waals surface area contributed by atoms with Crippen molar-refractivity contribution in [3.05, 3.63) is 69.8 Å². The number of carbonyl (C=O) groups is 1. The van der Waals surface area contributed by atoms with Crippen molar-refractivity contribution in [3.63, 3.8) is 0 Å². The van der Waals surface area contributed by atoms with Gasteiger partial charge in [0.1, 0.15) is 11.3 Å². The van der Waals surface area contributed by atoms with Gasteiger partial charge in [0.05, 0.1) is 0 Å². The van der Waals surface area contributed by atoms with Gasteiger partial charge >= 0.3 is 0 Å². The average molecular weight is 424 g/mol. The first-order valence-electron chi connectivity index (χ1n) is 10.2. The van der Waals surface area contributed by atoms with Gasteiger partial charge in [-0.2, -0.15) is 0 Å². The van der Waals surface area contributed by atoms with Crippen molar-refractivity contribution < 1.29 is 18.0 Å². The van der Waals surface area contributed by atoms with E-state index in [0.29, 0.717) is 18.5 Å². The summed E-state index contributed by atoms with van der Waals surface area (Å²) < 4.78 is 32.6. The molecule has 0 spiro atoms. The quantitative estimate of drug-likeness (QED) is 0.280. The van der Waals surface area contributed by atoms with Gasteiger partial charge in [-0.1, -0.05) is 17.2 Å². The van der Waals surface area contributed by atoms with Crippen molar-refractivity contribution in [1.29, 1.82) is 0 Å². The second kappa shape index (κ2) is 8.40. The van der Waals surface area contributed by atoms with Gasteiger partial charge in [-0.15, -0.1) is 0 Å². The Bertz CT molecular complexity index is 1150. The largest absolute Gasteiger partial charge is 0.461 e. The fourth-order valence-corrected chi connectivity index (χ4v) is 3.90. The molecular weight excluding hydrogens is 402 g/mol. The smallest absolute Gasteiger partial charge is 0.253 e. The summed E-state index contributed by atoms with van der Waals surface area (Å²) in [6, 6.07) is 13.2. The summed E-state index contributed by atoms with van der Waals surface area (Å²) >= 11 is 0. The fraction of sp³-hybridized carbons (Fsp3) is 0.348. The van der Waals surface area contributed by atoms with Crippen LogP contribution in [-0.4, -0.2) is 36.4 Å². The van der Waals surface area contributed by atoms with Gasteiger partial charge in [-0.3, -0.25) is 4.79 Å². The van der Waals surface area contributed by atoms with Gasteiger partial charge in [0.15, 0.2) is 0 Å². The molecule has 3 aromatic rings. The third-order valence-corrected chi connectivity index (χ3v) is 5.62. The van der Waals surface area contributed by atoms with Crippen molar-refractivity contribution in [2.75, 3.05) is 19.6 Å². The van der Waals surface area contributed by atoms with Crippen molar-refractivity contribution in [3.8, 4) is 11.1 Å². The molecule has 0 N–H and O–H groups in total. The Morgan fingerprint density at radius 3 is 2.55 bits per heavy atom. The van der Waals surface area contributed by atoms with E-state index < -0.39 is 5.92 Å². The molecule has 0 bridgehead atoms. The molecule has 6 nitrogen and oxygen atoms in total. The number of azide groups is 1. The molecule has 31 heavy (non-hydrogen) atoms. The predicted octanol–water partition coefficient (Wildman–Crippen LogP) is 6.13. The molecule has 1 aliphatic rings. The summed E-state index contributed by atoms with van der Waals surface area (Å²) in [6.07, 6.45) is -0.0376. The topological polar surface area (TPSA) is 82.2 Å². The van der Waals surface area contributed by atoms with E-state index >= 15 is 0 Å². The van der Waals surface area contributed by atoms with Gasteiger partial charge < -0.3 is 9.32 Å². The molecule has 0 aliphatic carbocycles. The minimum absolute atomic E-state index is 0.0753. The lowest BCUT2D eigenvalue weighted by molar-refractivity contribution is -0.0494. The predicted molar refractivity (Wildman–Crippen MR) is 114 cm³/mol. The van der Waals surface area contributed by atoms with Crippen LogP contribution in [0.5, 0.6) is 0 Å². The average Bonchev–Trinajstić information content (AvgIpc) is 3.17. The zero-order chi connectivity index (χ0) is 22.0. The Balaban J connectivity index is 1.53. The third-order valence-electron chi connectivity index (χ3n) is 5.62. The molecule has 0 saturated carbocycles. The number of benzene rings is 2. The molecule has 0 atom stereocenters. The van der Waals surface area contributed by atoms with E-state index in [-0.39, 0.29) is 31.8 Å². The van der Waals surface area contributed by atoms with Gasteiger partial charge in [-0.25, -0.2) is 8.78 Å². The van der Waals surface area contributed by atoms with E-state index in [1.807, 2.05) is 37.3 Å². The minimum Gasteiger partial charge on any atom is -0.461 e. The highest BCUT2D eigenvalue weighted by Gasteiger charge is 2.35. The summed E-state index contributed by atoms with van der Waals surface area (Å²) in [6.45, 7) is 2.46. The molecule has 2 aromatic carbocycles. The number of aryl methyl sites for hydroxylation is 1. The first-order valence-corrected chi connectivity index (χ1v) is 10.2. The summed E-state index contributed by atoms with van der Waals surface area (Å²) in [5.41, 5.74) is 12.6. The lowest BCUT2D eigenvalue weighted by Crippen LogP contribution is -2.42. The Hall–Kier alpha value is -3.38. The normalized spacial score (nSPS) is 15.6. The van der Waals surface area contributed by atoms with Gasteiger partial charge in [0, 0.05) is 54.8 Å².